The van der Waals surface area contributed by atoms with Crippen molar-refractivity contribution in [1.29, 1.82) is 0 Å². The van der Waals surface area contributed by atoms with Gasteiger partial charge in [0.25, 0.3) is 5.91 Å². The van der Waals surface area contributed by atoms with Crippen molar-refractivity contribution in [2.75, 3.05) is 18.5 Å². The topological polar surface area (TPSA) is 79.2 Å². The highest BCUT2D eigenvalue weighted by Crippen LogP contribution is 2.29. The van der Waals surface area contributed by atoms with Crippen LogP contribution in [0.1, 0.15) is 48.2 Å². The molecule has 0 spiro atoms. The van der Waals surface area contributed by atoms with Crippen LogP contribution in [-0.4, -0.2) is 19.1 Å². The summed E-state index contributed by atoms with van der Waals surface area (Å²) in [6.45, 7) is 7.72. The molecule has 1 N–H and O–H groups in total. The summed E-state index contributed by atoms with van der Waals surface area (Å²) in [5.74, 6) is 3.30. The van der Waals surface area contributed by atoms with Gasteiger partial charge >= 0.3 is 0 Å². The molecule has 0 saturated heterocycles. The zero-order chi connectivity index (χ0) is 26.7. The molecule has 4 aromatic rings. The van der Waals surface area contributed by atoms with E-state index in [-0.39, 0.29) is 18.3 Å². The van der Waals surface area contributed by atoms with Gasteiger partial charge in [0.05, 0.1) is 13.2 Å². The van der Waals surface area contributed by atoms with Crippen LogP contribution in [-0.2, 0) is 19.6 Å². The predicted molar refractivity (Wildman–Crippen MR) is 146 cm³/mol. The van der Waals surface area contributed by atoms with Crippen LogP contribution in [0.4, 0.5) is 5.69 Å². The predicted octanol–water partition coefficient (Wildman–Crippen LogP) is 7.05. The lowest BCUT2D eigenvalue weighted by Crippen LogP contribution is -2.10. The normalized spacial score (nSPS) is 10.6. The van der Waals surface area contributed by atoms with E-state index < -0.39 is 0 Å². The molecule has 7 heteroatoms. The van der Waals surface area contributed by atoms with Gasteiger partial charge in [-0.25, -0.2) is 0 Å². The Kier molecular flexibility index (Phi) is 9.29. The number of anilines is 1. The summed E-state index contributed by atoms with van der Waals surface area (Å²) in [5.41, 5.74) is 2.84. The maximum Gasteiger partial charge on any atom is 0.291 e. The van der Waals surface area contributed by atoms with Crippen molar-refractivity contribution in [3.8, 4) is 23.0 Å². The highest BCUT2D eigenvalue weighted by molar-refractivity contribution is 6.02. The van der Waals surface area contributed by atoms with E-state index in [1.807, 2.05) is 56.3 Å². The van der Waals surface area contributed by atoms with Gasteiger partial charge in [0.1, 0.15) is 30.5 Å². The van der Waals surface area contributed by atoms with Crippen LogP contribution in [0.25, 0.3) is 0 Å². The summed E-state index contributed by atoms with van der Waals surface area (Å²) in [7, 11) is 0. The number of furan rings is 1. The first-order valence-electron chi connectivity index (χ1n) is 12.8. The second-order valence-corrected chi connectivity index (χ2v) is 8.47. The number of rotatable bonds is 13. The number of carbonyl (C=O) groups excluding carboxylic acids is 1. The van der Waals surface area contributed by atoms with Crippen LogP contribution in [0.3, 0.4) is 0 Å². The molecule has 198 valence electrons. The van der Waals surface area contributed by atoms with Crippen molar-refractivity contribution in [2.45, 2.75) is 40.4 Å². The van der Waals surface area contributed by atoms with Gasteiger partial charge in [-0.2, -0.15) is 0 Å². The van der Waals surface area contributed by atoms with E-state index >= 15 is 0 Å². The van der Waals surface area contributed by atoms with Crippen LogP contribution in [0.15, 0.2) is 83.3 Å². The largest absolute Gasteiger partial charge is 0.490 e. The number of nitrogens with one attached hydrogen (secondary N) is 1. The Morgan fingerprint density at radius 3 is 2.00 bits per heavy atom. The van der Waals surface area contributed by atoms with Gasteiger partial charge in [-0.3, -0.25) is 4.79 Å². The average molecular weight is 516 g/mol. The van der Waals surface area contributed by atoms with E-state index in [1.165, 1.54) is 5.56 Å². The van der Waals surface area contributed by atoms with Crippen LogP contribution in [0.5, 0.6) is 23.0 Å². The van der Waals surface area contributed by atoms with Crippen LogP contribution in [0, 0.1) is 0 Å². The lowest BCUT2D eigenvalue weighted by Gasteiger charge is -2.13. The van der Waals surface area contributed by atoms with Gasteiger partial charge in [0, 0.05) is 5.69 Å². The fourth-order valence-electron chi connectivity index (χ4n) is 3.73. The molecule has 0 radical (unpaired) electrons. The number of amides is 1. The summed E-state index contributed by atoms with van der Waals surface area (Å²) in [6.07, 6.45) is 0.978. The third kappa shape index (κ3) is 7.32. The van der Waals surface area contributed by atoms with Crippen molar-refractivity contribution >= 4 is 11.6 Å². The van der Waals surface area contributed by atoms with Gasteiger partial charge < -0.3 is 28.7 Å². The van der Waals surface area contributed by atoms with Crippen LogP contribution in [0.2, 0.25) is 0 Å². The van der Waals surface area contributed by atoms with E-state index in [0.717, 1.165) is 23.5 Å². The number of ether oxygens (including phenoxy) is 4. The number of carbonyl (C=O) groups is 1. The Balaban J connectivity index is 1.27. The summed E-state index contributed by atoms with van der Waals surface area (Å²) < 4.78 is 28.6. The van der Waals surface area contributed by atoms with E-state index in [9.17, 15) is 4.79 Å². The zero-order valence-electron chi connectivity index (χ0n) is 22.0. The summed E-state index contributed by atoms with van der Waals surface area (Å²) in [6, 6.07) is 24.2. The molecule has 0 unspecified atom stereocenters. The maximum atomic E-state index is 12.6. The minimum atomic E-state index is -0.338. The Morgan fingerprint density at radius 2 is 1.32 bits per heavy atom. The van der Waals surface area contributed by atoms with Gasteiger partial charge in [-0.05, 0) is 92.1 Å². The molecule has 1 amide bonds. The SMILES string of the molecule is CCOc1ccc(COc2ccc(NC(=O)c3ccc(COc4ccc(CC)cc4)o3)cc2)cc1OCC. The Bertz CT molecular complexity index is 1310. The number of hydrogen-bond acceptors (Lipinski definition) is 6. The number of benzene rings is 3. The molecule has 1 heterocycles. The van der Waals surface area contributed by atoms with Crippen LogP contribution >= 0.6 is 0 Å². The molecule has 0 bridgehead atoms. The summed E-state index contributed by atoms with van der Waals surface area (Å²) in [5, 5.41) is 2.84. The molecular weight excluding hydrogens is 482 g/mol. The molecule has 38 heavy (non-hydrogen) atoms. The Labute approximate surface area is 223 Å². The first kappa shape index (κ1) is 26.7. The van der Waals surface area contributed by atoms with Gasteiger partial charge in [-0.15, -0.1) is 0 Å². The standard InChI is InChI=1S/C31H33NO6/c1-4-22-7-12-25(13-8-22)37-21-27-16-18-29(38-27)31(33)32-24-10-14-26(15-11-24)36-20-23-9-17-28(34-5-2)30(19-23)35-6-3/h7-19H,4-6,20-21H2,1-3H3,(H,32,33). The van der Waals surface area contributed by atoms with E-state index in [2.05, 4.69) is 12.2 Å². The Hall–Kier alpha value is -4.39. The molecule has 0 atom stereocenters. The lowest BCUT2D eigenvalue weighted by molar-refractivity contribution is 0.0992. The second kappa shape index (κ2) is 13.2. The van der Waals surface area contributed by atoms with Gasteiger partial charge in [0.2, 0.25) is 0 Å². The summed E-state index contributed by atoms with van der Waals surface area (Å²) >= 11 is 0. The van der Waals surface area contributed by atoms with Crippen molar-refractivity contribution in [1.82, 2.24) is 0 Å². The molecule has 7 nitrogen and oxygen atoms in total. The third-order valence-electron chi connectivity index (χ3n) is 5.72. The highest BCUT2D eigenvalue weighted by atomic mass is 16.5. The lowest BCUT2D eigenvalue weighted by atomic mass is 10.2. The molecule has 1 aromatic heterocycles. The molecule has 0 fully saturated rings. The van der Waals surface area contributed by atoms with E-state index in [4.69, 9.17) is 23.4 Å². The van der Waals surface area contributed by atoms with E-state index in [0.29, 0.717) is 42.8 Å². The van der Waals surface area contributed by atoms with Crippen molar-refractivity contribution in [3.63, 3.8) is 0 Å². The zero-order valence-corrected chi connectivity index (χ0v) is 22.0. The third-order valence-corrected chi connectivity index (χ3v) is 5.72. The first-order valence-corrected chi connectivity index (χ1v) is 12.8. The average Bonchev–Trinajstić information content (AvgIpc) is 3.43. The smallest absolute Gasteiger partial charge is 0.291 e. The fourth-order valence-corrected chi connectivity index (χ4v) is 3.73. The van der Waals surface area contributed by atoms with Crippen molar-refractivity contribution < 1.29 is 28.2 Å². The summed E-state index contributed by atoms with van der Waals surface area (Å²) in [4.78, 5) is 12.6. The molecule has 0 aliphatic rings. The highest BCUT2D eigenvalue weighted by Gasteiger charge is 2.12. The molecular formula is C31H33NO6. The van der Waals surface area contributed by atoms with Gasteiger partial charge in [-0.1, -0.05) is 25.1 Å². The van der Waals surface area contributed by atoms with Gasteiger partial charge in [0.15, 0.2) is 17.3 Å². The molecule has 3 aromatic carbocycles. The second-order valence-electron chi connectivity index (χ2n) is 8.47. The van der Waals surface area contributed by atoms with E-state index in [1.54, 1.807) is 36.4 Å². The molecule has 0 saturated carbocycles. The monoisotopic (exact) mass is 515 g/mol. The van der Waals surface area contributed by atoms with Crippen LogP contribution < -0.4 is 24.3 Å². The quantitative estimate of drug-likeness (QED) is 0.206. The molecule has 4 rings (SSSR count). The van der Waals surface area contributed by atoms with Crippen molar-refractivity contribution in [2.24, 2.45) is 0 Å². The number of hydrogen-bond donors (Lipinski definition) is 1. The number of aryl methyl sites for hydroxylation is 1. The first-order chi connectivity index (χ1) is 18.6. The fraction of sp³-hybridized carbons (Fsp3) is 0.258. The molecule has 0 aliphatic carbocycles. The molecule has 0 aliphatic heterocycles. The van der Waals surface area contributed by atoms with Crippen molar-refractivity contribution in [3.05, 3.63) is 102 Å². The Morgan fingerprint density at radius 1 is 0.684 bits per heavy atom. The minimum absolute atomic E-state index is 0.214. The maximum absolute atomic E-state index is 12.6. The minimum Gasteiger partial charge on any atom is -0.490 e.